The van der Waals surface area contributed by atoms with Crippen LogP contribution < -0.4 is 4.74 Å². The van der Waals surface area contributed by atoms with Gasteiger partial charge in [-0.3, -0.25) is 0 Å². The van der Waals surface area contributed by atoms with Gasteiger partial charge in [-0.05, 0) is 55.0 Å². The molecule has 0 aliphatic rings. The van der Waals surface area contributed by atoms with Gasteiger partial charge in [-0.1, -0.05) is 59.4 Å². The van der Waals surface area contributed by atoms with Crippen LogP contribution in [0.2, 0.25) is 0 Å². The van der Waals surface area contributed by atoms with E-state index < -0.39 is 12.1 Å². The van der Waals surface area contributed by atoms with Crippen molar-refractivity contribution in [1.82, 2.24) is 0 Å². The fourth-order valence-electron chi connectivity index (χ4n) is 1.91. The highest BCUT2D eigenvalue weighted by molar-refractivity contribution is 7.80. The third-order valence-electron chi connectivity index (χ3n) is 3.04. The number of hydrogen-bond donors (Lipinski definition) is 1. The standard InChI is InChI=1S/C18H14O5S3.C2H6/c1-3-5-13(17(19)20)14(4-2)23-18(21)22-12-8-6-11(7-9-12)15-10-16(24)26-25-15;1-2/h3-10H,1H2,2H3,(H,19,20);1-2H3/b13-5+,14-4+;. The number of allylic oxidation sites excluding steroid dienone is 3. The first-order valence-corrected chi connectivity index (χ1v) is 10.8. The zero-order chi connectivity index (χ0) is 21.1. The van der Waals surface area contributed by atoms with E-state index in [4.69, 9.17) is 26.8 Å². The Labute approximate surface area is 176 Å². The summed E-state index contributed by atoms with van der Waals surface area (Å²) in [6.45, 7) is 8.99. The highest BCUT2D eigenvalue weighted by atomic mass is 32.9. The Hall–Kier alpha value is -2.55. The summed E-state index contributed by atoms with van der Waals surface area (Å²) in [5.74, 6) is -1.09. The lowest BCUT2D eigenvalue weighted by atomic mass is 10.2. The predicted octanol–water partition coefficient (Wildman–Crippen LogP) is 6.85. The number of carboxylic acids is 1. The van der Waals surface area contributed by atoms with Crippen LogP contribution in [0.15, 0.2) is 66.5 Å². The minimum Gasteiger partial charge on any atom is -0.478 e. The fourth-order valence-corrected chi connectivity index (χ4v) is 4.32. The molecule has 0 aliphatic carbocycles. The van der Waals surface area contributed by atoms with Crippen molar-refractivity contribution in [2.75, 3.05) is 0 Å². The Kier molecular flexibility index (Phi) is 10.1. The fraction of sp³-hybridized carbons (Fsp3) is 0.150. The van der Waals surface area contributed by atoms with Crippen LogP contribution in [0.25, 0.3) is 10.4 Å². The molecule has 0 bridgehead atoms. The Morgan fingerprint density at radius 1 is 1.18 bits per heavy atom. The van der Waals surface area contributed by atoms with E-state index in [0.29, 0.717) is 0 Å². The highest BCUT2D eigenvalue weighted by Crippen LogP contribution is 2.30. The summed E-state index contributed by atoms with van der Waals surface area (Å²) in [7, 11) is 3.09. The van der Waals surface area contributed by atoms with Gasteiger partial charge >= 0.3 is 12.1 Å². The van der Waals surface area contributed by atoms with Crippen molar-refractivity contribution in [3.63, 3.8) is 0 Å². The molecule has 28 heavy (non-hydrogen) atoms. The molecule has 0 saturated heterocycles. The number of carbonyl (C=O) groups excluding carboxylic acids is 1. The number of aliphatic carboxylic acids is 1. The number of rotatable bonds is 6. The lowest BCUT2D eigenvalue weighted by molar-refractivity contribution is -0.132. The van der Waals surface area contributed by atoms with Crippen molar-refractivity contribution in [2.45, 2.75) is 20.8 Å². The summed E-state index contributed by atoms with van der Waals surface area (Å²) in [6, 6.07) is 8.75. The Morgan fingerprint density at radius 2 is 1.82 bits per heavy atom. The zero-order valence-electron chi connectivity index (χ0n) is 15.6. The molecule has 1 heterocycles. The van der Waals surface area contributed by atoms with Crippen LogP contribution in [0, 0.1) is 3.82 Å². The minimum atomic E-state index is -1.24. The van der Waals surface area contributed by atoms with E-state index >= 15 is 0 Å². The van der Waals surface area contributed by atoms with Crippen LogP contribution in [-0.4, -0.2) is 17.2 Å². The molecule has 2 aromatic rings. The van der Waals surface area contributed by atoms with E-state index in [9.17, 15) is 9.59 Å². The van der Waals surface area contributed by atoms with Gasteiger partial charge in [-0.2, -0.15) is 0 Å². The molecule has 0 radical (unpaired) electrons. The van der Waals surface area contributed by atoms with Gasteiger partial charge in [-0.25, -0.2) is 9.59 Å². The minimum absolute atomic E-state index is 0.128. The molecule has 1 aromatic heterocycles. The number of carbonyl (C=O) groups is 2. The molecule has 0 atom stereocenters. The molecule has 148 valence electrons. The maximum Gasteiger partial charge on any atom is 0.519 e. The molecule has 0 fully saturated rings. The lowest BCUT2D eigenvalue weighted by Gasteiger charge is -2.09. The second-order valence-electron chi connectivity index (χ2n) is 4.75. The maximum atomic E-state index is 11.9. The summed E-state index contributed by atoms with van der Waals surface area (Å²) in [4.78, 5) is 24.2. The van der Waals surface area contributed by atoms with Gasteiger partial charge < -0.3 is 14.6 Å². The average molecular weight is 437 g/mol. The molecular weight excluding hydrogens is 416 g/mol. The molecule has 1 aromatic carbocycles. The molecule has 0 unspecified atom stereocenters. The van der Waals surface area contributed by atoms with E-state index in [1.54, 1.807) is 41.5 Å². The van der Waals surface area contributed by atoms with Crippen molar-refractivity contribution in [3.8, 4) is 16.2 Å². The summed E-state index contributed by atoms with van der Waals surface area (Å²) in [6.07, 6.45) is 2.85. The topological polar surface area (TPSA) is 72.8 Å². The smallest absolute Gasteiger partial charge is 0.478 e. The van der Waals surface area contributed by atoms with E-state index in [1.807, 2.05) is 19.9 Å². The number of benzene rings is 1. The van der Waals surface area contributed by atoms with E-state index in [1.165, 1.54) is 28.6 Å². The van der Waals surface area contributed by atoms with Crippen LogP contribution in [0.1, 0.15) is 20.8 Å². The Balaban J connectivity index is 0.00000190. The maximum absolute atomic E-state index is 11.9. The number of carboxylic acid groups (broad SMARTS) is 1. The quantitative estimate of drug-likeness (QED) is 0.102. The van der Waals surface area contributed by atoms with E-state index in [2.05, 4.69) is 6.58 Å². The lowest BCUT2D eigenvalue weighted by Crippen LogP contribution is -2.14. The molecule has 1 N–H and O–H groups in total. The largest absolute Gasteiger partial charge is 0.519 e. The first-order valence-electron chi connectivity index (χ1n) is 8.27. The zero-order valence-corrected chi connectivity index (χ0v) is 18.1. The van der Waals surface area contributed by atoms with Gasteiger partial charge in [0, 0.05) is 4.88 Å². The second kappa shape index (κ2) is 12.0. The summed E-state index contributed by atoms with van der Waals surface area (Å²) < 4.78 is 10.9. The first-order chi connectivity index (χ1) is 13.4. The highest BCUT2D eigenvalue weighted by Gasteiger charge is 2.18. The summed E-state index contributed by atoms with van der Waals surface area (Å²) in [5.41, 5.74) is 0.757. The molecular formula is C20H20O5S3. The van der Waals surface area contributed by atoms with Crippen LogP contribution in [-0.2, 0) is 9.53 Å². The summed E-state index contributed by atoms with van der Waals surface area (Å²) >= 11 is 5.11. The average Bonchev–Trinajstić information content (AvgIpc) is 3.13. The van der Waals surface area contributed by atoms with Crippen molar-refractivity contribution in [3.05, 3.63) is 70.3 Å². The van der Waals surface area contributed by atoms with E-state index in [0.717, 1.165) is 14.3 Å². The molecule has 0 spiro atoms. The normalized spacial score (nSPS) is 11.1. The first kappa shape index (κ1) is 23.5. The third kappa shape index (κ3) is 6.88. The summed E-state index contributed by atoms with van der Waals surface area (Å²) in [5, 5.41) is 9.15. The van der Waals surface area contributed by atoms with Gasteiger partial charge in [0.15, 0.2) is 0 Å². The molecule has 2 rings (SSSR count). The van der Waals surface area contributed by atoms with Gasteiger partial charge in [-0.15, -0.1) is 0 Å². The van der Waals surface area contributed by atoms with Crippen LogP contribution in [0.5, 0.6) is 5.75 Å². The molecule has 0 amide bonds. The van der Waals surface area contributed by atoms with Crippen LogP contribution in [0.3, 0.4) is 0 Å². The van der Waals surface area contributed by atoms with Gasteiger partial charge in [0.25, 0.3) is 0 Å². The van der Waals surface area contributed by atoms with Crippen LogP contribution >= 0.6 is 32.9 Å². The van der Waals surface area contributed by atoms with Gasteiger partial charge in [0.2, 0.25) is 0 Å². The molecule has 0 saturated carbocycles. The Bertz CT molecular complexity index is 933. The van der Waals surface area contributed by atoms with Crippen molar-refractivity contribution in [1.29, 1.82) is 0 Å². The second-order valence-corrected chi connectivity index (χ2v) is 7.66. The molecule has 0 aliphatic heterocycles. The van der Waals surface area contributed by atoms with E-state index in [-0.39, 0.29) is 17.1 Å². The van der Waals surface area contributed by atoms with Crippen LogP contribution in [0.4, 0.5) is 4.79 Å². The number of ether oxygens (including phenoxy) is 2. The third-order valence-corrected chi connectivity index (χ3v) is 5.95. The van der Waals surface area contributed by atoms with Gasteiger partial charge in [0.05, 0.1) is 0 Å². The van der Waals surface area contributed by atoms with Crippen molar-refractivity contribution in [2.24, 2.45) is 0 Å². The van der Waals surface area contributed by atoms with Crippen molar-refractivity contribution < 1.29 is 24.2 Å². The SMILES string of the molecule is C=C/C=C(C(=O)O)\C(=C/C)OC(=O)Oc1ccc(-c2cc(=S)ss2)cc1.CC. The molecule has 5 nitrogen and oxygen atoms in total. The predicted molar refractivity (Wildman–Crippen MR) is 117 cm³/mol. The monoisotopic (exact) mass is 436 g/mol. The number of hydrogen-bond acceptors (Lipinski definition) is 7. The van der Waals surface area contributed by atoms with Gasteiger partial charge in [0.1, 0.15) is 20.9 Å². The van der Waals surface area contributed by atoms with Crippen molar-refractivity contribution >= 4 is 45.0 Å². The Morgan fingerprint density at radius 3 is 2.29 bits per heavy atom. The molecule has 8 heteroatoms.